The molecular formula is C23H34N4O4. The van der Waals surface area contributed by atoms with Gasteiger partial charge in [0, 0.05) is 51.2 Å². The molecule has 0 unspecified atom stereocenters. The maximum absolute atomic E-state index is 13.0. The van der Waals surface area contributed by atoms with Crippen LogP contribution in [-0.4, -0.2) is 98.2 Å². The van der Waals surface area contributed by atoms with E-state index in [4.69, 9.17) is 9.47 Å². The Morgan fingerprint density at radius 2 is 1.94 bits per heavy atom. The first-order valence-corrected chi connectivity index (χ1v) is 11.3. The molecule has 170 valence electrons. The maximum Gasteiger partial charge on any atom is 0.239 e. The summed E-state index contributed by atoms with van der Waals surface area (Å²) in [4.78, 5) is 32.1. The molecule has 3 aliphatic rings. The van der Waals surface area contributed by atoms with E-state index in [1.807, 2.05) is 17.0 Å². The first-order valence-electron chi connectivity index (χ1n) is 11.3. The lowest BCUT2D eigenvalue weighted by molar-refractivity contribution is -0.135. The van der Waals surface area contributed by atoms with Gasteiger partial charge in [-0.15, -0.1) is 0 Å². The van der Waals surface area contributed by atoms with Crippen molar-refractivity contribution in [3.63, 3.8) is 0 Å². The molecule has 3 aliphatic heterocycles. The first kappa shape index (κ1) is 22.0. The number of ether oxygens (including phenoxy) is 2. The van der Waals surface area contributed by atoms with Gasteiger partial charge in [0.05, 0.1) is 20.3 Å². The zero-order valence-electron chi connectivity index (χ0n) is 18.6. The summed E-state index contributed by atoms with van der Waals surface area (Å²) < 4.78 is 10.6. The van der Waals surface area contributed by atoms with Crippen molar-refractivity contribution in [1.82, 2.24) is 20.0 Å². The number of likely N-dealkylation sites (tertiary alicyclic amines) is 1. The van der Waals surface area contributed by atoms with Crippen LogP contribution in [0.15, 0.2) is 24.3 Å². The molecule has 31 heavy (non-hydrogen) atoms. The largest absolute Gasteiger partial charge is 0.497 e. The predicted molar refractivity (Wildman–Crippen MR) is 117 cm³/mol. The highest BCUT2D eigenvalue weighted by Crippen LogP contribution is 2.29. The Morgan fingerprint density at radius 1 is 1.19 bits per heavy atom. The van der Waals surface area contributed by atoms with Gasteiger partial charge in [-0.2, -0.15) is 0 Å². The van der Waals surface area contributed by atoms with E-state index in [9.17, 15) is 9.59 Å². The van der Waals surface area contributed by atoms with Gasteiger partial charge in [0.15, 0.2) is 0 Å². The number of morpholine rings is 1. The monoisotopic (exact) mass is 430 g/mol. The van der Waals surface area contributed by atoms with Crippen molar-refractivity contribution >= 4 is 11.8 Å². The van der Waals surface area contributed by atoms with Gasteiger partial charge in [-0.25, -0.2) is 0 Å². The van der Waals surface area contributed by atoms with Crippen molar-refractivity contribution in [3.8, 4) is 5.75 Å². The second kappa shape index (κ2) is 9.97. The van der Waals surface area contributed by atoms with Crippen LogP contribution in [0.2, 0.25) is 0 Å². The van der Waals surface area contributed by atoms with Gasteiger partial charge in [-0.3, -0.25) is 19.4 Å². The van der Waals surface area contributed by atoms with E-state index in [0.29, 0.717) is 39.3 Å². The summed E-state index contributed by atoms with van der Waals surface area (Å²) >= 11 is 0. The molecule has 0 saturated carbocycles. The second-order valence-corrected chi connectivity index (χ2v) is 8.72. The Bertz CT molecular complexity index is 765. The molecule has 0 aliphatic carbocycles. The Labute approximate surface area is 184 Å². The fraction of sp³-hybridized carbons (Fsp3) is 0.652. The molecule has 1 N–H and O–H groups in total. The molecule has 8 nitrogen and oxygen atoms in total. The molecule has 8 heteroatoms. The number of carbonyl (C=O) groups excluding carboxylic acids is 2. The van der Waals surface area contributed by atoms with Crippen LogP contribution in [0.1, 0.15) is 24.8 Å². The fourth-order valence-corrected chi connectivity index (χ4v) is 5.05. The molecule has 0 aromatic heterocycles. The normalized spacial score (nSPS) is 27.5. The Morgan fingerprint density at radius 3 is 2.65 bits per heavy atom. The molecule has 0 bridgehead atoms. The maximum atomic E-state index is 13.0. The molecule has 3 atom stereocenters. The van der Waals surface area contributed by atoms with Crippen molar-refractivity contribution in [2.24, 2.45) is 0 Å². The van der Waals surface area contributed by atoms with E-state index in [2.05, 4.69) is 34.3 Å². The lowest BCUT2D eigenvalue weighted by Gasteiger charge is -2.33. The van der Waals surface area contributed by atoms with Crippen molar-refractivity contribution in [3.05, 3.63) is 29.8 Å². The average molecular weight is 431 g/mol. The summed E-state index contributed by atoms with van der Waals surface area (Å²) in [6.07, 6.45) is 2.23. The molecule has 2 amide bonds. The third kappa shape index (κ3) is 5.02. The van der Waals surface area contributed by atoms with Crippen LogP contribution in [0.3, 0.4) is 0 Å². The minimum Gasteiger partial charge on any atom is -0.497 e. The van der Waals surface area contributed by atoms with Crippen LogP contribution in [0.5, 0.6) is 5.75 Å². The average Bonchev–Trinajstić information content (AvgIpc) is 3.18. The van der Waals surface area contributed by atoms with Crippen molar-refractivity contribution in [2.45, 2.75) is 43.9 Å². The van der Waals surface area contributed by atoms with Gasteiger partial charge in [0.25, 0.3) is 0 Å². The van der Waals surface area contributed by atoms with Crippen LogP contribution >= 0.6 is 0 Å². The zero-order valence-corrected chi connectivity index (χ0v) is 18.6. The van der Waals surface area contributed by atoms with E-state index >= 15 is 0 Å². The number of amides is 2. The zero-order chi connectivity index (χ0) is 21.8. The van der Waals surface area contributed by atoms with Crippen LogP contribution in [0, 0.1) is 0 Å². The molecule has 0 radical (unpaired) electrons. The topological polar surface area (TPSA) is 74.3 Å². The number of methoxy groups -OCH3 is 1. The number of nitrogens with one attached hydrogen (secondary N) is 1. The first-order chi connectivity index (χ1) is 15.1. The molecular weight excluding hydrogens is 396 g/mol. The van der Waals surface area contributed by atoms with Gasteiger partial charge < -0.3 is 19.7 Å². The van der Waals surface area contributed by atoms with E-state index < -0.39 is 0 Å². The third-order valence-electron chi connectivity index (χ3n) is 6.95. The number of carbonyl (C=O) groups is 2. The van der Waals surface area contributed by atoms with E-state index in [1.165, 1.54) is 5.56 Å². The highest BCUT2D eigenvalue weighted by molar-refractivity contribution is 5.83. The van der Waals surface area contributed by atoms with Gasteiger partial charge in [0.2, 0.25) is 11.8 Å². The number of fused-ring (bicyclic) bond motifs is 1. The number of hydrogen-bond acceptors (Lipinski definition) is 6. The van der Waals surface area contributed by atoms with Gasteiger partial charge in [0.1, 0.15) is 11.8 Å². The van der Waals surface area contributed by atoms with E-state index in [-0.39, 0.29) is 29.9 Å². The molecule has 3 fully saturated rings. The Kier molecular flexibility index (Phi) is 7.09. The molecule has 3 saturated heterocycles. The van der Waals surface area contributed by atoms with Gasteiger partial charge >= 0.3 is 0 Å². The molecule has 1 aromatic carbocycles. The van der Waals surface area contributed by atoms with E-state index in [0.717, 1.165) is 31.7 Å². The van der Waals surface area contributed by atoms with Crippen LogP contribution in [-0.2, 0) is 20.9 Å². The van der Waals surface area contributed by atoms with Crippen molar-refractivity contribution in [2.75, 3.05) is 53.6 Å². The molecule has 0 spiro atoms. The number of likely N-dealkylation sites (N-methyl/N-ethyl adjacent to an activating group) is 1. The minimum atomic E-state index is -0.160. The van der Waals surface area contributed by atoms with Gasteiger partial charge in [-0.05, 0) is 37.6 Å². The molecule has 3 heterocycles. The highest BCUT2D eigenvalue weighted by Gasteiger charge is 2.44. The lowest BCUT2D eigenvalue weighted by atomic mass is 10.0. The van der Waals surface area contributed by atoms with Crippen LogP contribution in [0.4, 0.5) is 0 Å². The molecule has 4 rings (SSSR count). The quantitative estimate of drug-likeness (QED) is 0.717. The number of benzene rings is 1. The number of hydrogen-bond donors (Lipinski definition) is 1. The number of nitrogens with zero attached hydrogens (tertiary/aromatic N) is 3. The summed E-state index contributed by atoms with van der Waals surface area (Å²) in [5, 5.41) is 3.15. The summed E-state index contributed by atoms with van der Waals surface area (Å²) in [5.74, 6) is 1.13. The minimum absolute atomic E-state index is 0.102. The fourth-order valence-electron chi connectivity index (χ4n) is 5.05. The predicted octanol–water partition coefficient (Wildman–Crippen LogP) is 0.707. The highest BCUT2D eigenvalue weighted by atomic mass is 16.5. The van der Waals surface area contributed by atoms with Crippen molar-refractivity contribution < 1.29 is 19.1 Å². The number of rotatable bonds is 6. The smallest absolute Gasteiger partial charge is 0.239 e. The lowest BCUT2D eigenvalue weighted by Crippen LogP contribution is -2.49. The summed E-state index contributed by atoms with van der Waals surface area (Å²) in [7, 11) is 3.77. The summed E-state index contributed by atoms with van der Waals surface area (Å²) in [6.45, 7) is 4.83. The Hall–Kier alpha value is -2.16. The van der Waals surface area contributed by atoms with Crippen LogP contribution < -0.4 is 10.1 Å². The Balaban J connectivity index is 1.37. The third-order valence-corrected chi connectivity index (χ3v) is 6.95. The standard InChI is InChI=1S/C23H34N4O4/c1-25-18(5-8-21(28)26-11-13-31-14-12-26)15-24-23(29)22-20(25)9-10-27(22)16-17-3-6-19(30-2)7-4-17/h3-4,6-7,18,20,22H,5,8-16H2,1-2H3,(H,24,29)/t18-,20+,22-/m0/s1. The van der Waals surface area contributed by atoms with Gasteiger partial charge in [-0.1, -0.05) is 12.1 Å². The molecule has 1 aromatic rings. The summed E-state index contributed by atoms with van der Waals surface area (Å²) in [6, 6.07) is 8.23. The SMILES string of the molecule is COc1ccc(CN2CC[C@@H]3[C@H]2C(=O)NC[C@H](CCC(=O)N2CCOCC2)N3C)cc1. The summed E-state index contributed by atoms with van der Waals surface area (Å²) in [5.41, 5.74) is 1.17. The van der Waals surface area contributed by atoms with Crippen LogP contribution in [0.25, 0.3) is 0 Å². The second-order valence-electron chi connectivity index (χ2n) is 8.72. The van der Waals surface area contributed by atoms with E-state index in [1.54, 1.807) is 7.11 Å². The van der Waals surface area contributed by atoms with Crippen molar-refractivity contribution in [1.29, 1.82) is 0 Å².